The highest BCUT2D eigenvalue weighted by Gasteiger charge is 2.38. The van der Waals surface area contributed by atoms with E-state index >= 15 is 0 Å². The van der Waals surface area contributed by atoms with Crippen LogP contribution >= 0.6 is 0 Å². The topological polar surface area (TPSA) is 69.6 Å². The highest BCUT2D eigenvalue weighted by molar-refractivity contribution is 5.85. The summed E-state index contributed by atoms with van der Waals surface area (Å²) in [5.74, 6) is -1.28. The van der Waals surface area contributed by atoms with Crippen LogP contribution in [0.3, 0.4) is 0 Å². The van der Waals surface area contributed by atoms with Gasteiger partial charge >= 0.3 is 5.97 Å². The number of rotatable bonds is 7. The van der Waals surface area contributed by atoms with Crippen molar-refractivity contribution in [3.8, 4) is 0 Å². The molecule has 20 heavy (non-hydrogen) atoms. The van der Waals surface area contributed by atoms with Crippen LogP contribution in [0.15, 0.2) is 0 Å². The van der Waals surface area contributed by atoms with Crippen LogP contribution in [0, 0.1) is 17.8 Å². The molecule has 5 nitrogen and oxygen atoms in total. The summed E-state index contributed by atoms with van der Waals surface area (Å²) in [6.07, 6.45) is 3.06. The molecule has 0 aromatic rings. The number of nitrogens with one attached hydrogen (secondary N) is 1. The smallest absolute Gasteiger partial charge is 0.307 e. The summed E-state index contributed by atoms with van der Waals surface area (Å²) in [7, 11) is 3.96. The fourth-order valence-electron chi connectivity index (χ4n) is 3.07. The first-order valence-electron chi connectivity index (χ1n) is 7.49. The van der Waals surface area contributed by atoms with Crippen molar-refractivity contribution in [3.63, 3.8) is 0 Å². The number of hydrogen-bond donors (Lipinski definition) is 2. The van der Waals surface area contributed by atoms with Gasteiger partial charge in [-0.2, -0.15) is 0 Å². The zero-order valence-corrected chi connectivity index (χ0v) is 13.1. The number of carboxylic acids is 1. The molecule has 1 rings (SSSR count). The molecule has 1 aliphatic carbocycles. The molecule has 5 heteroatoms. The van der Waals surface area contributed by atoms with Gasteiger partial charge in [0, 0.05) is 12.6 Å². The molecule has 116 valence electrons. The van der Waals surface area contributed by atoms with Gasteiger partial charge in [0.25, 0.3) is 0 Å². The Bertz CT molecular complexity index is 332. The molecule has 0 spiro atoms. The lowest BCUT2D eigenvalue weighted by molar-refractivity contribution is -0.146. The van der Waals surface area contributed by atoms with Crippen molar-refractivity contribution in [1.29, 1.82) is 0 Å². The highest BCUT2D eigenvalue weighted by atomic mass is 16.4. The minimum Gasteiger partial charge on any atom is -0.481 e. The maximum atomic E-state index is 12.3. The lowest BCUT2D eigenvalue weighted by Gasteiger charge is -2.26. The molecule has 1 saturated carbocycles. The normalized spacial score (nSPS) is 24.1. The molecule has 2 N–H and O–H groups in total. The number of carboxylic acid groups (broad SMARTS) is 1. The van der Waals surface area contributed by atoms with Crippen LogP contribution in [0.2, 0.25) is 0 Å². The Morgan fingerprint density at radius 2 is 1.85 bits per heavy atom. The molecule has 0 radical (unpaired) electrons. The summed E-state index contributed by atoms with van der Waals surface area (Å²) in [5, 5.41) is 12.2. The Morgan fingerprint density at radius 3 is 2.35 bits per heavy atom. The fraction of sp³-hybridized carbons (Fsp3) is 0.867. The van der Waals surface area contributed by atoms with E-state index in [1.807, 2.05) is 14.1 Å². The zero-order chi connectivity index (χ0) is 15.3. The Hall–Kier alpha value is -1.10. The highest BCUT2D eigenvalue weighted by Crippen LogP contribution is 2.32. The monoisotopic (exact) mass is 284 g/mol. The molecule has 1 aliphatic rings. The van der Waals surface area contributed by atoms with E-state index in [0.717, 1.165) is 19.4 Å². The van der Waals surface area contributed by atoms with Gasteiger partial charge in [0.15, 0.2) is 0 Å². The van der Waals surface area contributed by atoms with Crippen LogP contribution in [-0.4, -0.2) is 48.6 Å². The third-order valence-electron chi connectivity index (χ3n) is 3.86. The van der Waals surface area contributed by atoms with Gasteiger partial charge in [0.2, 0.25) is 5.91 Å². The van der Waals surface area contributed by atoms with E-state index in [0.29, 0.717) is 18.8 Å². The molecule has 0 heterocycles. The van der Waals surface area contributed by atoms with Crippen molar-refractivity contribution in [1.82, 2.24) is 10.2 Å². The van der Waals surface area contributed by atoms with Gasteiger partial charge < -0.3 is 15.3 Å². The van der Waals surface area contributed by atoms with Gasteiger partial charge in [-0.15, -0.1) is 0 Å². The number of aliphatic carboxylic acids is 1. The second-order valence-corrected chi connectivity index (χ2v) is 6.58. The van der Waals surface area contributed by atoms with Gasteiger partial charge in [-0.25, -0.2) is 0 Å². The fourth-order valence-corrected chi connectivity index (χ4v) is 3.07. The van der Waals surface area contributed by atoms with Gasteiger partial charge in [-0.3, -0.25) is 9.59 Å². The first kappa shape index (κ1) is 17.0. The summed E-state index contributed by atoms with van der Waals surface area (Å²) >= 11 is 0. The van der Waals surface area contributed by atoms with Crippen LogP contribution in [0.1, 0.15) is 39.5 Å². The molecule has 0 aromatic carbocycles. The summed E-state index contributed by atoms with van der Waals surface area (Å²) in [5.41, 5.74) is 0. The summed E-state index contributed by atoms with van der Waals surface area (Å²) < 4.78 is 0. The Morgan fingerprint density at radius 1 is 1.25 bits per heavy atom. The van der Waals surface area contributed by atoms with E-state index in [-0.39, 0.29) is 17.9 Å². The summed E-state index contributed by atoms with van der Waals surface area (Å²) in [4.78, 5) is 25.6. The van der Waals surface area contributed by atoms with E-state index in [4.69, 9.17) is 5.11 Å². The van der Waals surface area contributed by atoms with Gasteiger partial charge in [0.1, 0.15) is 0 Å². The van der Waals surface area contributed by atoms with Crippen LogP contribution in [0.25, 0.3) is 0 Å². The first-order valence-corrected chi connectivity index (χ1v) is 7.49. The predicted molar refractivity (Wildman–Crippen MR) is 78.4 cm³/mol. The molecule has 0 aromatic heterocycles. The number of carbonyl (C=O) groups is 2. The lowest BCUT2D eigenvalue weighted by atomic mass is 9.94. The van der Waals surface area contributed by atoms with Crippen molar-refractivity contribution in [2.75, 3.05) is 20.6 Å². The van der Waals surface area contributed by atoms with Crippen LogP contribution < -0.4 is 5.32 Å². The van der Waals surface area contributed by atoms with E-state index in [1.165, 1.54) is 0 Å². The molecular weight excluding hydrogens is 256 g/mol. The molecule has 0 saturated heterocycles. The van der Waals surface area contributed by atoms with E-state index in [2.05, 4.69) is 24.1 Å². The largest absolute Gasteiger partial charge is 0.481 e. The third-order valence-corrected chi connectivity index (χ3v) is 3.86. The Labute approximate surface area is 121 Å². The Kier molecular flexibility index (Phi) is 6.46. The van der Waals surface area contributed by atoms with Crippen LogP contribution in [0.5, 0.6) is 0 Å². The van der Waals surface area contributed by atoms with Crippen LogP contribution in [0.4, 0.5) is 0 Å². The molecule has 1 fully saturated rings. The SMILES string of the molecule is CC(C)CC(CN(C)C)NC(=O)[C@@H]1CCC[C@@H]1C(=O)O. The van der Waals surface area contributed by atoms with Gasteiger partial charge in [0.05, 0.1) is 11.8 Å². The quantitative estimate of drug-likeness (QED) is 0.744. The molecule has 3 atom stereocenters. The lowest BCUT2D eigenvalue weighted by Crippen LogP contribution is -2.46. The van der Waals surface area contributed by atoms with E-state index in [1.54, 1.807) is 0 Å². The maximum absolute atomic E-state index is 12.3. The van der Waals surface area contributed by atoms with Crippen LogP contribution in [-0.2, 0) is 9.59 Å². The predicted octanol–water partition coefficient (Wildman–Crippen LogP) is 1.58. The molecule has 0 aliphatic heterocycles. The summed E-state index contributed by atoms with van der Waals surface area (Å²) in [6.45, 7) is 5.04. The van der Waals surface area contributed by atoms with E-state index in [9.17, 15) is 9.59 Å². The van der Waals surface area contributed by atoms with Crippen molar-refractivity contribution in [2.24, 2.45) is 17.8 Å². The number of likely N-dealkylation sites (N-methyl/N-ethyl adjacent to an activating group) is 1. The number of nitrogens with zero attached hydrogens (tertiary/aromatic N) is 1. The average molecular weight is 284 g/mol. The van der Waals surface area contributed by atoms with Gasteiger partial charge in [-0.05, 0) is 39.3 Å². The zero-order valence-electron chi connectivity index (χ0n) is 13.1. The molecular formula is C15H28N2O3. The van der Waals surface area contributed by atoms with Crippen molar-refractivity contribution in [2.45, 2.75) is 45.6 Å². The second kappa shape index (κ2) is 7.62. The number of carbonyl (C=O) groups excluding carboxylic acids is 1. The molecule has 1 amide bonds. The number of amides is 1. The van der Waals surface area contributed by atoms with Crippen molar-refractivity contribution in [3.05, 3.63) is 0 Å². The average Bonchev–Trinajstić information content (AvgIpc) is 2.75. The summed E-state index contributed by atoms with van der Waals surface area (Å²) in [6, 6.07) is 0.0903. The van der Waals surface area contributed by atoms with Crippen molar-refractivity contribution >= 4 is 11.9 Å². The molecule has 1 unspecified atom stereocenters. The number of hydrogen-bond acceptors (Lipinski definition) is 3. The minimum atomic E-state index is -0.837. The third kappa shape index (κ3) is 5.12. The second-order valence-electron chi connectivity index (χ2n) is 6.58. The maximum Gasteiger partial charge on any atom is 0.307 e. The Balaban J connectivity index is 2.62. The van der Waals surface area contributed by atoms with Gasteiger partial charge in [-0.1, -0.05) is 20.3 Å². The standard InChI is InChI=1S/C15H28N2O3/c1-10(2)8-11(9-17(3)4)16-14(18)12-6-5-7-13(12)15(19)20/h10-13H,5-9H2,1-4H3,(H,16,18)(H,19,20)/t11?,12-,13+/m1/s1. The van der Waals surface area contributed by atoms with Crippen molar-refractivity contribution < 1.29 is 14.7 Å². The molecule has 0 bridgehead atoms. The minimum absolute atomic E-state index is 0.0811. The first-order chi connectivity index (χ1) is 9.31. The van der Waals surface area contributed by atoms with E-state index < -0.39 is 11.9 Å².